The Balaban J connectivity index is 0.000000204. The van der Waals surface area contributed by atoms with Gasteiger partial charge < -0.3 is 0 Å². The van der Waals surface area contributed by atoms with Gasteiger partial charge in [0.15, 0.2) is 0 Å². The van der Waals surface area contributed by atoms with E-state index in [0.717, 1.165) is 80.3 Å². The highest BCUT2D eigenvalue weighted by Gasteiger charge is 2.30. The Hall–Kier alpha value is -5.10. The van der Waals surface area contributed by atoms with Crippen molar-refractivity contribution in [3.63, 3.8) is 0 Å². The first-order valence-corrected chi connectivity index (χ1v) is 18.1. The fraction of sp³-hybridized carbons (Fsp3) is 0.234. The molecule has 0 unspecified atom stereocenters. The molecule has 0 bridgehead atoms. The Bertz CT molecular complexity index is 1970. The maximum Gasteiger partial charge on any atom is 0.416 e. The van der Waals surface area contributed by atoms with E-state index in [4.69, 9.17) is 0 Å². The van der Waals surface area contributed by atoms with Crippen LogP contribution in [-0.2, 0) is 50.9 Å². The standard InChI is InChI=1S/C24H23F3.C23H21F3/c1-2-3-18-6-12-21(13-7-18)22-14-8-19(9-15-22)4-5-20-10-16-23(17-11-20)24(25,26)27;1-2-17-5-11-20(12-6-17)21-13-7-18(8-14-21)3-4-19-9-15-22(16-10-19)23(24,25)26/h6-17H,2-5H2,1H3;5-16H,2-4H2,1H3. The van der Waals surface area contributed by atoms with E-state index >= 15 is 0 Å². The number of alkyl halides is 6. The number of hydrogen-bond donors (Lipinski definition) is 0. The Labute approximate surface area is 309 Å². The summed E-state index contributed by atoms with van der Waals surface area (Å²) in [5.74, 6) is 0. The smallest absolute Gasteiger partial charge is 0.166 e. The third-order valence-electron chi connectivity index (χ3n) is 9.40. The number of hydrogen-bond acceptors (Lipinski definition) is 0. The molecule has 0 N–H and O–H groups in total. The van der Waals surface area contributed by atoms with E-state index in [-0.39, 0.29) is 0 Å². The monoisotopic (exact) mass is 722 g/mol. The van der Waals surface area contributed by atoms with Crippen LogP contribution < -0.4 is 0 Å². The molecule has 6 heteroatoms. The van der Waals surface area contributed by atoms with Gasteiger partial charge in [0.1, 0.15) is 0 Å². The van der Waals surface area contributed by atoms with Gasteiger partial charge in [0.2, 0.25) is 0 Å². The third kappa shape index (κ3) is 11.7. The lowest BCUT2D eigenvalue weighted by molar-refractivity contribution is -0.138. The Morgan fingerprint density at radius 2 is 0.528 bits per heavy atom. The first-order chi connectivity index (χ1) is 25.4. The van der Waals surface area contributed by atoms with E-state index in [1.165, 1.54) is 44.5 Å². The number of halogens is 6. The van der Waals surface area contributed by atoms with E-state index < -0.39 is 23.5 Å². The topological polar surface area (TPSA) is 0 Å². The van der Waals surface area contributed by atoms with Crippen molar-refractivity contribution in [3.05, 3.63) is 190 Å². The zero-order valence-electron chi connectivity index (χ0n) is 30.1. The van der Waals surface area contributed by atoms with Crippen molar-refractivity contribution in [1.29, 1.82) is 0 Å². The highest BCUT2D eigenvalue weighted by molar-refractivity contribution is 5.65. The van der Waals surface area contributed by atoms with Crippen LogP contribution in [0.5, 0.6) is 0 Å². The molecule has 0 amide bonds. The van der Waals surface area contributed by atoms with Crippen LogP contribution in [0.1, 0.15) is 64.8 Å². The molecule has 0 radical (unpaired) electrons. The van der Waals surface area contributed by atoms with Crippen molar-refractivity contribution < 1.29 is 26.3 Å². The lowest BCUT2D eigenvalue weighted by atomic mass is 9.99. The van der Waals surface area contributed by atoms with Crippen LogP contribution in [0.4, 0.5) is 26.3 Å². The van der Waals surface area contributed by atoms with Gasteiger partial charge in [-0.15, -0.1) is 0 Å². The molecule has 0 aromatic heterocycles. The lowest BCUT2D eigenvalue weighted by Crippen LogP contribution is -2.04. The number of rotatable bonds is 11. The van der Waals surface area contributed by atoms with Crippen LogP contribution in [0.3, 0.4) is 0 Å². The van der Waals surface area contributed by atoms with E-state index in [9.17, 15) is 26.3 Å². The zero-order valence-corrected chi connectivity index (χ0v) is 30.1. The van der Waals surface area contributed by atoms with Crippen molar-refractivity contribution >= 4 is 0 Å². The second kappa shape index (κ2) is 18.1. The van der Waals surface area contributed by atoms with Gasteiger partial charge in [-0.2, -0.15) is 26.3 Å². The highest BCUT2D eigenvalue weighted by Crippen LogP contribution is 2.30. The van der Waals surface area contributed by atoms with Crippen LogP contribution in [0.25, 0.3) is 22.3 Å². The Kier molecular flexibility index (Phi) is 13.4. The van der Waals surface area contributed by atoms with Crippen molar-refractivity contribution in [2.45, 2.75) is 71.1 Å². The van der Waals surface area contributed by atoms with Crippen molar-refractivity contribution in [2.24, 2.45) is 0 Å². The van der Waals surface area contributed by atoms with E-state index in [1.807, 2.05) is 0 Å². The quantitative estimate of drug-likeness (QED) is 0.117. The van der Waals surface area contributed by atoms with Crippen molar-refractivity contribution in [1.82, 2.24) is 0 Å². The molecule has 0 aliphatic rings. The van der Waals surface area contributed by atoms with Crippen LogP contribution >= 0.6 is 0 Å². The summed E-state index contributed by atoms with van der Waals surface area (Å²) in [6.45, 7) is 4.32. The van der Waals surface area contributed by atoms with Gasteiger partial charge in [0.05, 0.1) is 11.1 Å². The van der Waals surface area contributed by atoms with Crippen molar-refractivity contribution in [2.75, 3.05) is 0 Å². The van der Waals surface area contributed by atoms with Gasteiger partial charge in [0.25, 0.3) is 0 Å². The molecular formula is C47H44F6. The molecule has 0 atom stereocenters. The molecule has 0 heterocycles. The molecule has 0 aliphatic heterocycles. The molecule has 0 saturated carbocycles. The Morgan fingerprint density at radius 3 is 0.755 bits per heavy atom. The molecule has 0 saturated heterocycles. The number of benzene rings is 6. The summed E-state index contributed by atoms with van der Waals surface area (Å²) in [5.41, 5.74) is 10.4. The molecule has 0 nitrogen and oxygen atoms in total. The van der Waals surface area contributed by atoms with Crippen LogP contribution in [0, 0.1) is 0 Å². The molecule has 274 valence electrons. The molecular weight excluding hydrogens is 679 g/mol. The summed E-state index contributed by atoms with van der Waals surface area (Å²) in [4.78, 5) is 0. The summed E-state index contributed by atoms with van der Waals surface area (Å²) in [6, 6.07) is 44.9. The summed E-state index contributed by atoms with van der Waals surface area (Å²) in [6.07, 6.45) is -2.21. The van der Waals surface area contributed by atoms with E-state index in [2.05, 4.69) is 111 Å². The van der Waals surface area contributed by atoms with E-state index in [1.54, 1.807) is 24.3 Å². The fourth-order valence-corrected chi connectivity index (χ4v) is 6.11. The molecule has 6 rings (SSSR count). The maximum absolute atomic E-state index is 12.6. The largest absolute Gasteiger partial charge is 0.416 e. The SMILES string of the molecule is CCCc1ccc(-c2ccc(CCc3ccc(C(F)(F)F)cc3)cc2)cc1.CCc1ccc(-c2ccc(CCc3ccc(C(F)(F)F)cc3)cc2)cc1. The van der Waals surface area contributed by atoms with Gasteiger partial charge in [-0.05, 0) is 118 Å². The van der Waals surface area contributed by atoms with Gasteiger partial charge >= 0.3 is 12.4 Å². The molecule has 6 aromatic carbocycles. The molecule has 6 aromatic rings. The van der Waals surface area contributed by atoms with Crippen LogP contribution in [0.2, 0.25) is 0 Å². The molecule has 0 spiro atoms. The number of aryl methyl sites for hydroxylation is 6. The normalized spacial score (nSPS) is 11.5. The minimum absolute atomic E-state index is 0.597. The lowest BCUT2D eigenvalue weighted by Gasteiger charge is -2.08. The van der Waals surface area contributed by atoms with Gasteiger partial charge in [-0.3, -0.25) is 0 Å². The summed E-state index contributed by atoms with van der Waals surface area (Å²) in [5, 5.41) is 0. The summed E-state index contributed by atoms with van der Waals surface area (Å²) < 4.78 is 75.6. The first kappa shape index (κ1) is 39.1. The first-order valence-electron chi connectivity index (χ1n) is 18.1. The maximum atomic E-state index is 12.6. The molecule has 0 aliphatic carbocycles. The highest BCUT2D eigenvalue weighted by atomic mass is 19.4. The van der Waals surface area contributed by atoms with Crippen LogP contribution in [0.15, 0.2) is 146 Å². The minimum Gasteiger partial charge on any atom is -0.166 e. The third-order valence-corrected chi connectivity index (χ3v) is 9.40. The van der Waals surface area contributed by atoms with E-state index in [0.29, 0.717) is 0 Å². The minimum atomic E-state index is -4.27. The molecule has 53 heavy (non-hydrogen) atoms. The predicted molar refractivity (Wildman–Crippen MR) is 205 cm³/mol. The van der Waals surface area contributed by atoms with Gasteiger partial charge in [0, 0.05) is 0 Å². The van der Waals surface area contributed by atoms with Gasteiger partial charge in [-0.25, -0.2) is 0 Å². The zero-order chi connectivity index (χ0) is 37.8. The van der Waals surface area contributed by atoms with Gasteiger partial charge in [-0.1, -0.05) is 142 Å². The van der Waals surface area contributed by atoms with Crippen molar-refractivity contribution in [3.8, 4) is 22.3 Å². The average molecular weight is 723 g/mol. The summed E-state index contributed by atoms with van der Waals surface area (Å²) in [7, 11) is 0. The summed E-state index contributed by atoms with van der Waals surface area (Å²) >= 11 is 0. The Morgan fingerprint density at radius 1 is 0.302 bits per heavy atom. The average Bonchev–Trinajstić information content (AvgIpc) is 3.17. The second-order valence-corrected chi connectivity index (χ2v) is 13.3. The second-order valence-electron chi connectivity index (χ2n) is 13.3. The van der Waals surface area contributed by atoms with Crippen LogP contribution in [-0.4, -0.2) is 0 Å². The molecule has 0 fully saturated rings. The predicted octanol–water partition coefficient (Wildman–Crippen LogP) is 13.8. The fourth-order valence-electron chi connectivity index (χ4n) is 6.11.